The van der Waals surface area contributed by atoms with Crippen LogP contribution in [0.3, 0.4) is 0 Å². The van der Waals surface area contributed by atoms with Crippen LogP contribution in [0.2, 0.25) is 0 Å². The van der Waals surface area contributed by atoms with Crippen LogP contribution in [0.15, 0.2) is 267 Å². The van der Waals surface area contributed by atoms with Gasteiger partial charge in [-0.1, -0.05) is 97.1 Å². The highest BCUT2D eigenvalue weighted by Gasteiger charge is 2.53. The van der Waals surface area contributed by atoms with Crippen molar-refractivity contribution in [2.45, 2.75) is 60.8 Å². The van der Waals surface area contributed by atoms with E-state index in [1.54, 1.807) is 0 Å². The van der Waals surface area contributed by atoms with Gasteiger partial charge in [0.15, 0.2) is 0 Å². The quantitative estimate of drug-likeness (QED) is 0.0748. The van der Waals surface area contributed by atoms with Crippen LogP contribution in [0.5, 0.6) is 23.0 Å². The molecule has 0 unspecified atom stereocenters. The van der Waals surface area contributed by atoms with Crippen molar-refractivity contribution in [3.63, 3.8) is 0 Å². The lowest BCUT2D eigenvalue weighted by atomic mass is 9.70. The summed E-state index contributed by atoms with van der Waals surface area (Å²) in [6.45, 7) is 19.0. The highest BCUT2D eigenvalue weighted by Crippen LogP contribution is 2.66. The number of hydrogen-bond donors (Lipinski definition) is 0. The first-order valence-electron chi connectivity index (χ1n) is 32.5. The van der Waals surface area contributed by atoms with Crippen LogP contribution in [0, 0.1) is 27.7 Å². The Kier molecular flexibility index (Phi) is 16.3. The van der Waals surface area contributed by atoms with Gasteiger partial charge < -0.3 is 38.5 Å². The minimum absolute atomic E-state index is 0.539. The summed E-state index contributed by atoms with van der Waals surface area (Å²) < 4.78 is 25.1. The van der Waals surface area contributed by atoms with E-state index >= 15 is 0 Å². The van der Waals surface area contributed by atoms with Gasteiger partial charge in [0, 0.05) is 92.5 Å². The third-order valence-electron chi connectivity index (χ3n) is 17.8. The van der Waals surface area contributed by atoms with Gasteiger partial charge in [0.1, 0.15) is 23.0 Å². The highest BCUT2D eigenvalue weighted by molar-refractivity contribution is 6.00. The molecule has 0 aliphatic heterocycles. The van der Waals surface area contributed by atoms with Crippen molar-refractivity contribution in [1.29, 1.82) is 0 Å². The molecule has 93 heavy (non-hydrogen) atoms. The molecule has 12 aromatic rings. The zero-order chi connectivity index (χ0) is 63.7. The molecule has 0 fully saturated rings. The summed E-state index contributed by atoms with van der Waals surface area (Å²) in [5.74, 6) is 3.16. The molecule has 0 N–H and O–H groups in total. The van der Waals surface area contributed by atoms with Crippen LogP contribution >= 0.6 is 0 Å². The van der Waals surface area contributed by atoms with E-state index in [0.29, 0.717) is 26.4 Å². The molecule has 8 heteroatoms. The second kappa shape index (κ2) is 25.4. The van der Waals surface area contributed by atoms with Gasteiger partial charge in [-0.25, -0.2) is 0 Å². The average Bonchev–Trinajstić information content (AvgIpc) is 1.53. The normalized spacial score (nSPS) is 12.1. The predicted octanol–water partition coefficient (Wildman–Crippen LogP) is 22.7. The van der Waals surface area contributed by atoms with Gasteiger partial charge in [-0.3, -0.25) is 0 Å². The molecule has 0 amide bonds. The third kappa shape index (κ3) is 11.2. The molecular weight excluding hydrogens is 1140 g/mol. The molecule has 12 aromatic carbocycles. The number of hydrogen-bond acceptors (Lipinski definition) is 8. The molecule has 0 radical (unpaired) electrons. The Morgan fingerprint density at radius 1 is 0.226 bits per heavy atom. The number of nitrogens with zero attached hydrogens (tertiary/aromatic N) is 4. The molecule has 8 nitrogen and oxygen atoms in total. The van der Waals surface area contributed by atoms with Crippen molar-refractivity contribution >= 4 is 68.2 Å². The van der Waals surface area contributed by atoms with Gasteiger partial charge in [0.05, 0.1) is 31.8 Å². The van der Waals surface area contributed by atoms with Gasteiger partial charge in [0.2, 0.25) is 0 Å². The standard InChI is InChI=1S/C85H76N4O4/c1-9-90-73-33-17-29-65(49-73)88(66-30-18-34-74(50-66)91-10-2)71-39-43-79-77-41-37-69(86(61-25-13-21-57(5)45-61)62-26-14-22-58(6)46-62)53-81(77)85(83(79)55-71)82-54-70(87(63-27-15-23-59(7)47-63)64-28-16-24-60(8)48-64)38-42-78(82)80-44-40-72(56-84(80)85)89(67-31-19-35-75(51-67)92-11-3)68-32-20-36-76(52-68)93-12-4/h13-56H,9-12H2,1-8H3. The Labute approximate surface area is 547 Å². The average molecular weight is 1220 g/mol. The zero-order valence-electron chi connectivity index (χ0n) is 54.2. The Hall–Kier alpha value is -11.0. The highest BCUT2D eigenvalue weighted by atomic mass is 16.5. The zero-order valence-corrected chi connectivity index (χ0v) is 54.2. The van der Waals surface area contributed by atoms with Crippen molar-refractivity contribution in [2.24, 2.45) is 0 Å². The maximum atomic E-state index is 6.27. The summed E-state index contributed by atoms with van der Waals surface area (Å²) in [6.07, 6.45) is 0. The Bertz CT molecular complexity index is 4270. The molecule has 1 spiro atoms. The molecule has 0 heterocycles. The molecular formula is C85H76N4O4. The lowest BCUT2D eigenvalue weighted by Gasteiger charge is -2.35. The first kappa shape index (κ1) is 59.7. The predicted molar refractivity (Wildman–Crippen MR) is 385 cm³/mol. The van der Waals surface area contributed by atoms with E-state index in [-0.39, 0.29) is 0 Å². The van der Waals surface area contributed by atoms with Crippen molar-refractivity contribution < 1.29 is 18.9 Å². The van der Waals surface area contributed by atoms with E-state index in [1.165, 1.54) is 33.4 Å². The van der Waals surface area contributed by atoms with Gasteiger partial charge >= 0.3 is 0 Å². The Balaban J connectivity index is 1.11. The molecule has 0 saturated heterocycles. The first-order valence-corrected chi connectivity index (χ1v) is 32.5. The molecule has 0 saturated carbocycles. The molecule has 2 aliphatic carbocycles. The van der Waals surface area contributed by atoms with Crippen LogP contribution in [-0.2, 0) is 5.41 Å². The lowest BCUT2D eigenvalue weighted by Crippen LogP contribution is -2.27. The van der Waals surface area contributed by atoms with E-state index in [9.17, 15) is 0 Å². The SMILES string of the molecule is CCOc1cccc(N(c2cccc(OCC)c2)c2ccc3c(c2)C2(c4cc(N(c5cccc(C)c5)c5cccc(C)c5)ccc4-3)c3cc(N(c4cccc(C)c4)c4cccc(C)c4)ccc3-c3ccc(N(c4cccc(OCC)c4)c4cccc(OCC)c4)cc32)c1. The van der Waals surface area contributed by atoms with Gasteiger partial charge in [-0.05, 0) is 268 Å². The largest absolute Gasteiger partial charge is 0.494 e. The number of benzene rings is 12. The van der Waals surface area contributed by atoms with Crippen molar-refractivity contribution in [2.75, 3.05) is 46.0 Å². The smallest absolute Gasteiger partial charge is 0.121 e. The van der Waals surface area contributed by atoms with Crippen molar-refractivity contribution in [3.8, 4) is 45.3 Å². The van der Waals surface area contributed by atoms with Gasteiger partial charge in [0.25, 0.3) is 0 Å². The van der Waals surface area contributed by atoms with E-state index in [4.69, 9.17) is 18.9 Å². The monoisotopic (exact) mass is 1220 g/mol. The van der Waals surface area contributed by atoms with E-state index in [1.807, 2.05) is 52.0 Å². The third-order valence-corrected chi connectivity index (χ3v) is 17.8. The van der Waals surface area contributed by atoms with Crippen LogP contribution in [0.1, 0.15) is 72.2 Å². The molecule has 0 atom stereocenters. The van der Waals surface area contributed by atoms with Crippen LogP contribution in [-0.4, -0.2) is 26.4 Å². The Morgan fingerprint density at radius 3 is 0.624 bits per heavy atom. The summed E-state index contributed by atoms with van der Waals surface area (Å²) in [5.41, 5.74) is 25.2. The maximum Gasteiger partial charge on any atom is 0.121 e. The molecule has 0 aromatic heterocycles. The van der Waals surface area contributed by atoms with Gasteiger partial charge in [-0.15, -0.1) is 0 Å². The van der Waals surface area contributed by atoms with E-state index in [0.717, 1.165) is 125 Å². The van der Waals surface area contributed by atoms with Crippen LogP contribution in [0.25, 0.3) is 22.3 Å². The lowest BCUT2D eigenvalue weighted by molar-refractivity contribution is 0.340. The second-order valence-electron chi connectivity index (χ2n) is 24.1. The van der Waals surface area contributed by atoms with Crippen LogP contribution in [0.4, 0.5) is 68.2 Å². The minimum Gasteiger partial charge on any atom is -0.494 e. The number of fused-ring (bicyclic) bond motifs is 10. The summed E-state index contributed by atoms with van der Waals surface area (Å²) in [6, 6.07) is 97.9. The maximum absolute atomic E-state index is 6.27. The van der Waals surface area contributed by atoms with E-state index in [2.05, 4.69) is 290 Å². The summed E-state index contributed by atoms with van der Waals surface area (Å²) in [7, 11) is 0. The summed E-state index contributed by atoms with van der Waals surface area (Å²) in [5, 5.41) is 0. The fourth-order valence-electron chi connectivity index (χ4n) is 14.1. The number of anilines is 12. The van der Waals surface area contributed by atoms with E-state index < -0.39 is 5.41 Å². The molecule has 2 aliphatic rings. The summed E-state index contributed by atoms with van der Waals surface area (Å²) >= 11 is 0. The molecule has 0 bridgehead atoms. The van der Waals surface area contributed by atoms with Crippen molar-refractivity contribution in [1.82, 2.24) is 0 Å². The van der Waals surface area contributed by atoms with Gasteiger partial charge in [-0.2, -0.15) is 0 Å². The fourth-order valence-corrected chi connectivity index (χ4v) is 14.1. The van der Waals surface area contributed by atoms with Crippen LogP contribution < -0.4 is 38.5 Å². The number of ether oxygens (including phenoxy) is 4. The first-order chi connectivity index (χ1) is 45.5. The van der Waals surface area contributed by atoms with Crippen molar-refractivity contribution in [3.05, 3.63) is 311 Å². The fraction of sp³-hybridized carbons (Fsp3) is 0.153. The molecule has 460 valence electrons. The summed E-state index contributed by atoms with van der Waals surface area (Å²) in [4.78, 5) is 9.56. The molecule has 14 rings (SSSR count). The topological polar surface area (TPSA) is 49.9 Å². The number of rotatable bonds is 20. The number of aryl methyl sites for hydroxylation is 4. The minimum atomic E-state index is -0.957. The Morgan fingerprint density at radius 2 is 0.419 bits per heavy atom. The second-order valence-corrected chi connectivity index (χ2v) is 24.1.